The summed E-state index contributed by atoms with van der Waals surface area (Å²) in [4.78, 5) is 30.8. The number of nitrogens with two attached hydrogens (primary N) is 3. The molecule has 0 spiro atoms. The average molecular weight is 473 g/mol. The van der Waals surface area contributed by atoms with E-state index in [1.165, 1.54) is 28.8 Å². The Morgan fingerprint density at radius 1 is 1.27 bits per heavy atom. The minimum Gasteiger partial charge on any atom is -0.490 e. The van der Waals surface area contributed by atoms with E-state index in [-0.39, 0.29) is 18.9 Å². The van der Waals surface area contributed by atoms with Crippen LogP contribution in [0.1, 0.15) is 23.2 Å². The Kier molecular flexibility index (Phi) is 9.00. The Balaban J connectivity index is 1.45. The van der Waals surface area contributed by atoms with Gasteiger partial charge in [0.15, 0.2) is 29.7 Å². The summed E-state index contributed by atoms with van der Waals surface area (Å²) >= 11 is 1.23. The number of nitrogens with zero attached hydrogens (tertiary/aromatic N) is 5. The van der Waals surface area contributed by atoms with Gasteiger partial charge in [0.1, 0.15) is 18.1 Å². The normalized spacial score (nSPS) is 14.4. The van der Waals surface area contributed by atoms with E-state index in [0.29, 0.717) is 42.7 Å². The van der Waals surface area contributed by atoms with Gasteiger partial charge in [-0.15, -0.1) is 11.3 Å². The summed E-state index contributed by atoms with van der Waals surface area (Å²) in [5.74, 6) is 1.30. The van der Waals surface area contributed by atoms with Crippen LogP contribution in [0.15, 0.2) is 38.7 Å². The van der Waals surface area contributed by atoms with E-state index >= 15 is 0 Å². The van der Waals surface area contributed by atoms with Gasteiger partial charge in [0.25, 0.3) is 0 Å². The number of guanidine groups is 1. The summed E-state index contributed by atoms with van der Waals surface area (Å²) in [6.07, 6.45) is 3.54. The highest BCUT2D eigenvalue weighted by Crippen LogP contribution is 2.24. The summed E-state index contributed by atoms with van der Waals surface area (Å²) in [7, 11) is 0. The molecule has 12 heteroatoms. The van der Waals surface area contributed by atoms with Crippen molar-refractivity contribution in [3.05, 3.63) is 40.4 Å². The lowest BCUT2D eigenvalue weighted by Gasteiger charge is -2.30. The van der Waals surface area contributed by atoms with Crippen LogP contribution in [0.4, 0.5) is 5.13 Å². The van der Waals surface area contributed by atoms with Gasteiger partial charge in [-0.1, -0.05) is 11.2 Å². The number of anilines is 1. The van der Waals surface area contributed by atoms with Crippen LogP contribution in [-0.4, -0.2) is 67.0 Å². The number of rotatable bonds is 11. The number of hydrogen-bond acceptors (Lipinski definition) is 9. The number of carbonyl (C=O) groups is 1. The predicted molar refractivity (Wildman–Crippen MR) is 130 cm³/mol. The second-order valence-electron chi connectivity index (χ2n) is 7.10. The summed E-state index contributed by atoms with van der Waals surface area (Å²) in [6.45, 7) is 3.24. The molecule has 1 aliphatic heterocycles. The topological polar surface area (TPSA) is 167 Å². The van der Waals surface area contributed by atoms with Crippen molar-refractivity contribution in [1.29, 1.82) is 0 Å². The fraction of sp³-hybridized carbons (Fsp3) is 0.381. The Labute approximate surface area is 196 Å². The monoisotopic (exact) mass is 472 g/mol. The molecule has 0 saturated heterocycles. The number of aldehydes is 1. The van der Waals surface area contributed by atoms with Gasteiger partial charge in [-0.05, 0) is 36.1 Å². The highest BCUT2D eigenvalue weighted by Gasteiger charge is 2.18. The molecule has 1 aromatic heterocycles. The first-order valence-electron chi connectivity index (χ1n) is 10.5. The number of aromatic nitrogens is 1. The van der Waals surface area contributed by atoms with Crippen LogP contribution in [-0.2, 0) is 22.6 Å². The van der Waals surface area contributed by atoms with Crippen molar-refractivity contribution in [3.63, 3.8) is 0 Å². The Morgan fingerprint density at radius 2 is 2.15 bits per heavy atom. The zero-order chi connectivity index (χ0) is 23.5. The number of oxime groups is 1. The fourth-order valence-electron chi connectivity index (χ4n) is 3.19. The van der Waals surface area contributed by atoms with Crippen LogP contribution >= 0.6 is 11.3 Å². The Hall–Kier alpha value is -3.67. The molecule has 0 radical (unpaired) electrons. The molecule has 0 bridgehead atoms. The quantitative estimate of drug-likeness (QED) is 0.142. The molecule has 0 saturated carbocycles. The third kappa shape index (κ3) is 7.17. The largest absolute Gasteiger partial charge is 0.490 e. The van der Waals surface area contributed by atoms with Crippen molar-refractivity contribution in [2.75, 3.05) is 38.6 Å². The van der Waals surface area contributed by atoms with Crippen LogP contribution < -0.4 is 21.9 Å². The molecule has 0 unspecified atom stereocenters. The number of benzene rings is 1. The van der Waals surface area contributed by atoms with Gasteiger partial charge in [-0.3, -0.25) is 14.8 Å². The van der Waals surface area contributed by atoms with Crippen molar-refractivity contribution in [2.24, 2.45) is 26.6 Å². The number of aliphatic imine (C=N–C) groups is 2. The maximum atomic E-state index is 11.1. The van der Waals surface area contributed by atoms with E-state index in [1.54, 1.807) is 5.38 Å². The van der Waals surface area contributed by atoms with Crippen LogP contribution in [0.3, 0.4) is 0 Å². The molecule has 11 nitrogen and oxygen atoms in total. The highest BCUT2D eigenvalue weighted by atomic mass is 32.1. The van der Waals surface area contributed by atoms with Crippen LogP contribution in [0.25, 0.3) is 0 Å². The number of thiazole rings is 1. The molecule has 1 aromatic carbocycles. The number of hydrogen-bond donors (Lipinski definition) is 3. The van der Waals surface area contributed by atoms with Crippen LogP contribution in [0, 0.1) is 0 Å². The molecule has 1 aliphatic rings. The van der Waals surface area contributed by atoms with Crippen LogP contribution in [0.2, 0.25) is 0 Å². The summed E-state index contributed by atoms with van der Waals surface area (Å²) < 4.78 is 5.76. The molecule has 3 rings (SSSR count). The second-order valence-corrected chi connectivity index (χ2v) is 7.99. The van der Waals surface area contributed by atoms with Crippen molar-refractivity contribution in [1.82, 2.24) is 9.88 Å². The van der Waals surface area contributed by atoms with Crippen molar-refractivity contribution in [2.45, 2.75) is 19.4 Å². The maximum Gasteiger partial charge on any atom is 0.191 e. The first-order chi connectivity index (χ1) is 16.1. The molecule has 0 atom stereocenters. The van der Waals surface area contributed by atoms with Gasteiger partial charge in [0.2, 0.25) is 0 Å². The Bertz CT molecular complexity index is 1020. The maximum absolute atomic E-state index is 11.1. The molecule has 0 amide bonds. The van der Waals surface area contributed by atoms with Gasteiger partial charge in [0, 0.05) is 31.6 Å². The standard InChI is InChI=1S/C21H28N8O3S/c22-14-25-5-1-6-26-20(23)29-7-4-15-10-17(3-2-16(15)11-29)31-8-9-32-28-18(12-30)19-13-33-21(24)27-19/h2-3,10,12-14H,1,4-9,11H2,(H2,22,25)(H2,23,26)(H2,24,27)/b28-18+. The van der Waals surface area contributed by atoms with E-state index in [2.05, 4.69) is 25.0 Å². The van der Waals surface area contributed by atoms with Gasteiger partial charge in [-0.25, -0.2) is 4.98 Å². The van der Waals surface area contributed by atoms with E-state index in [4.69, 9.17) is 26.8 Å². The minimum absolute atomic E-state index is 0.0909. The molecule has 0 fully saturated rings. The first kappa shape index (κ1) is 24.0. The number of ether oxygens (including phenoxy) is 1. The Morgan fingerprint density at radius 3 is 2.91 bits per heavy atom. The summed E-state index contributed by atoms with van der Waals surface area (Å²) in [6, 6.07) is 5.98. The molecule has 33 heavy (non-hydrogen) atoms. The van der Waals surface area contributed by atoms with Gasteiger partial charge >= 0.3 is 0 Å². The van der Waals surface area contributed by atoms with Crippen LogP contribution in [0.5, 0.6) is 5.75 Å². The van der Waals surface area contributed by atoms with E-state index < -0.39 is 0 Å². The van der Waals surface area contributed by atoms with E-state index in [0.717, 1.165) is 25.1 Å². The second kappa shape index (κ2) is 12.4. The minimum atomic E-state index is 0.0909. The van der Waals surface area contributed by atoms with Gasteiger partial charge in [0.05, 0.1) is 6.34 Å². The highest BCUT2D eigenvalue weighted by molar-refractivity contribution is 7.13. The molecule has 2 aromatic rings. The third-order valence-corrected chi connectivity index (χ3v) is 5.51. The lowest BCUT2D eigenvalue weighted by Crippen LogP contribution is -2.41. The summed E-state index contributed by atoms with van der Waals surface area (Å²) in [5, 5.41) is 5.81. The molecule has 0 aliphatic carbocycles. The fourth-order valence-corrected chi connectivity index (χ4v) is 3.75. The average Bonchev–Trinajstić information content (AvgIpc) is 3.26. The van der Waals surface area contributed by atoms with Crippen molar-refractivity contribution < 1.29 is 14.4 Å². The van der Waals surface area contributed by atoms with Crippen molar-refractivity contribution in [3.8, 4) is 5.75 Å². The predicted octanol–water partition coefficient (Wildman–Crippen LogP) is 0.774. The SMILES string of the molecule is NC=NCCCN=C(N)N1CCc2cc(OCCO/N=C(\C=O)c3csc(N)n3)ccc2C1. The molecule has 6 N–H and O–H groups in total. The number of fused-ring (bicyclic) bond motifs is 1. The van der Waals surface area contributed by atoms with Gasteiger partial charge in [-0.2, -0.15) is 0 Å². The summed E-state index contributed by atoms with van der Waals surface area (Å²) in [5.41, 5.74) is 19.8. The molecular weight excluding hydrogens is 444 g/mol. The lowest BCUT2D eigenvalue weighted by atomic mass is 10.00. The molecule has 2 heterocycles. The smallest absolute Gasteiger partial charge is 0.191 e. The molecule has 176 valence electrons. The zero-order valence-corrected chi connectivity index (χ0v) is 19.0. The van der Waals surface area contributed by atoms with Gasteiger partial charge < -0.3 is 31.7 Å². The molecular formula is C21H28N8O3S. The lowest BCUT2D eigenvalue weighted by molar-refractivity contribution is -0.102. The zero-order valence-electron chi connectivity index (χ0n) is 18.2. The number of nitrogen functional groups attached to an aromatic ring is 1. The van der Waals surface area contributed by atoms with E-state index in [9.17, 15) is 4.79 Å². The van der Waals surface area contributed by atoms with E-state index in [1.807, 2.05) is 18.2 Å². The van der Waals surface area contributed by atoms with Crippen molar-refractivity contribution >= 4 is 40.8 Å². The first-order valence-corrected chi connectivity index (χ1v) is 11.3. The third-order valence-electron chi connectivity index (χ3n) is 4.84. The number of carbonyl (C=O) groups excluding carboxylic acids is 1.